The summed E-state index contributed by atoms with van der Waals surface area (Å²) in [6.45, 7) is 0.636. The lowest BCUT2D eigenvalue weighted by atomic mass is 10.0. The summed E-state index contributed by atoms with van der Waals surface area (Å²) in [6.07, 6.45) is 2.60. The zero-order valence-electron chi connectivity index (χ0n) is 18.1. The largest absolute Gasteiger partial charge is 0.322 e. The van der Waals surface area contributed by atoms with Gasteiger partial charge in [0, 0.05) is 24.3 Å². The van der Waals surface area contributed by atoms with Gasteiger partial charge in [-0.25, -0.2) is 13.4 Å². The molecular weight excluding hydrogens is 510 g/mol. The monoisotopic (exact) mass is 529 g/mol. The highest BCUT2D eigenvalue weighted by Gasteiger charge is 2.30. The number of halogens is 1. The molecule has 0 fully saturated rings. The third kappa shape index (κ3) is 4.46. The van der Waals surface area contributed by atoms with Gasteiger partial charge < -0.3 is 5.32 Å². The summed E-state index contributed by atoms with van der Waals surface area (Å²) in [6, 6.07) is 17.6. The number of aromatic nitrogens is 1. The van der Waals surface area contributed by atoms with Gasteiger partial charge in [-0.2, -0.15) is 4.31 Å². The molecule has 0 spiro atoms. The highest BCUT2D eigenvalue weighted by Crippen LogP contribution is 2.32. The van der Waals surface area contributed by atoms with Crippen LogP contribution in [0.4, 0.5) is 5.69 Å². The SMILES string of the molecule is CSc1nc2ccc(NC(=O)c3ccc(Cl)c(S(=O)(=O)N4CCc5ccccc5C4)c3)cc2s1. The third-order valence-electron chi connectivity index (χ3n) is 5.71. The summed E-state index contributed by atoms with van der Waals surface area (Å²) in [5, 5.41) is 2.94. The molecule has 3 aromatic carbocycles. The Hall–Kier alpha value is -2.43. The Morgan fingerprint density at radius 1 is 1.12 bits per heavy atom. The van der Waals surface area contributed by atoms with Crippen molar-refractivity contribution in [3.8, 4) is 0 Å². The predicted octanol–water partition coefficient (Wildman–Crippen LogP) is 5.67. The van der Waals surface area contributed by atoms with Gasteiger partial charge in [0.1, 0.15) is 4.90 Å². The Labute approximate surface area is 211 Å². The minimum Gasteiger partial charge on any atom is -0.322 e. The van der Waals surface area contributed by atoms with Crippen LogP contribution in [-0.2, 0) is 23.0 Å². The van der Waals surface area contributed by atoms with E-state index >= 15 is 0 Å². The van der Waals surface area contributed by atoms with E-state index < -0.39 is 15.9 Å². The molecular formula is C24H20ClN3O3S3. The second-order valence-corrected chi connectivity index (χ2v) is 12.2. The first-order valence-corrected chi connectivity index (χ1v) is 14.3. The molecule has 5 rings (SSSR count). The van der Waals surface area contributed by atoms with E-state index in [0.29, 0.717) is 18.7 Å². The van der Waals surface area contributed by atoms with E-state index in [2.05, 4.69) is 10.3 Å². The minimum atomic E-state index is -3.88. The van der Waals surface area contributed by atoms with E-state index in [4.69, 9.17) is 11.6 Å². The molecule has 0 atom stereocenters. The molecule has 1 amide bonds. The second kappa shape index (κ2) is 9.31. The lowest BCUT2D eigenvalue weighted by Gasteiger charge is -2.28. The molecule has 10 heteroatoms. The van der Waals surface area contributed by atoms with Gasteiger partial charge >= 0.3 is 0 Å². The van der Waals surface area contributed by atoms with Gasteiger partial charge in [0.15, 0.2) is 4.34 Å². The number of hydrogen-bond donors (Lipinski definition) is 1. The third-order valence-corrected chi connectivity index (χ3v) is 10.0. The van der Waals surface area contributed by atoms with Gasteiger partial charge in [0.25, 0.3) is 5.91 Å². The topological polar surface area (TPSA) is 79.4 Å². The normalized spacial score (nSPS) is 14.2. The highest BCUT2D eigenvalue weighted by molar-refractivity contribution is 8.00. The van der Waals surface area contributed by atoms with Crippen molar-refractivity contribution in [1.82, 2.24) is 9.29 Å². The maximum atomic E-state index is 13.4. The van der Waals surface area contributed by atoms with Crippen LogP contribution in [0.3, 0.4) is 0 Å². The lowest BCUT2D eigenvalue weighted by molar-refractivity contribution is 0.102. The summed E-state index contributed by atoms with van der Waals surface area (Å²) in [5.74, 6) is -0.411. The Morgan fingerprint density at radius 3 is 2.71 bits per heavy atom. The minimum absolute atomic E-state index is 0.0660. The molecule has 0 unspecified atom stereocenters. The van der Waals surface area contributed by atoms with Crippen LogP contribution in [0, 0.1) is 0 Å². The van der Waals surface area contributed by atoms with Gasteiger partial charge in [0.05, 0.1) is 15.2 Å². The van der Waals surface area contributed by atoms with Crippen molar-refractivity contribution in [2.24, 2.45) is 0 Å². The molecule has 6 nitrogen and oxygen atoms in total. The van der Waals surface area contributed by atoms with E-state index in [1.54, 1.807) is 29.2 Å². The summed E-state index contributed by atoms with van der Waals surface area (Å²) in [7, 11) is -3.88. The number of thioether (sulfide) groups is 1. The fourth-order valence-corrected chi connectivity index (χ4v) is 7.38. The number of amides is 1. The van der Waals surface area contributed by atoms with Gasteiger partial charge in [-0.1, -0.05) is 47.6 Å². The van der Waals surface area contributed by atoms with Crippen molar-refractivity contribution >= 4 is 66.5 Å². The number of nitrogens with one attached hydrogen (secondary N) is 1. The van der Waals surface area contributed by atoms with Crippen LogP contribution in [0.25, 0.3) is 10.2 Å². The number of carbonyl (C=O) groups excluding carboxylic acids is 1. The van der Waals surface area contributed by atoms with Gasteiger partial charge in [-0.05, 0) is 60.2 Å². The standard InChI is InChI=1S/C24H20ClN3O3S3/c1-32-24-27-20-9-7-18(13-21(20)33-24)26-23(29)16-6-8-19(25)22(12-16)34(30,31)28-11-10-15-4-2-3-5-17(15)14-28/h2-9,12-13H,10-11,14H2,1H3,(H,26,29). The van der Waals surface area contributed by atoms with Crippen molar-refractivity contribution in [2.45, 2.75) is 22.2 Å². The van der Waals surface area contributed by atoms with Crippen molar-refractivity contribution in [3.05, 3.63) is 82.4 Å². The van der Waals surface area contributed by atoms with Gasteiger partial charge in [0.2, 0.25) is 10.0 Å². The van der Waals surface area contributed by atoms with Crippen LogP contribution in [0.5, 0.6) is 0 Å². The fourth-order valence-electron chi connectivity index (χ4n) is 3.93. The first-order chi connectivity index (χ1) is 16.3. The molecule has 0 saturated carbocycles. The molecule has 34 heavy (non-hydrogen) atoms. The smallest absolute Gasteiger partial charge is 0.255 e. The number of carbonyl (C=O) groups is 1. The van der Waals surface area contributed by atoms with E-state index in [0.717, 1.165) is 25.7 Å². The number of rotatable bonds is 5. The van der Waals surface area contributed by atoms with Crippen LogP contribution in [0.2, 0.25) is 5.02 Å². The molecule has 1 aliphatic heterocycles. The number of nitrogens with zero attached hydrogens (tertiary/aromatic N) is 2. The molecule has 1 N–H and O–H groups in total. The molecule has 4 aromatic rings. The number of hydrogen-bond acceptors (Lipinski definition) is 6. The van der Waals surface area contributed by atoms with Crippen LogP contribution in [-0.4, -0.2) is 36.4 Å². The predicted molar refractivity (Wildman–Crippen MR) is 139 cm³/mol. The zero-order valence-corrected chi connectivity index (χ0v) is 21.3. The number of thiazole rings is 1. The van der Waals surface area contributed by atoms with Crippen molar-refractivity contribution in [2.75, 3.05) is 18.1 Å². The first-order valence-electron chi connectivity index (χ1n) is 10.5. The molecule has 0 bridgehead atoms. The van der Waals surface area contributed by atoms with Crippen molar-refractivity contribution < 1.29 is 13.2 Å². The Morgan fingerprint density at radius 2 is 1.91 bits per heavy atom. The number of benzene rings is 3. The molecule has 0 aliphatic carbocycles. The van der Waals surface area contributed by atoms with Gasteiger partial charge in [-0.15, -0.1) is 11.3 Å². The second-order valence-electron chi connectivity index (χ2n) is 7.82. The molecule has 0 saturated heterocycles. The van der Waals surface area contributed by atoms with Crippen molar-refractivity contribution in [3.63, 3.8) is 0 Å². The highest BCUT2D eigenvalue weighted by atomic mass is 35.5. The Kier molecular flexibility index (Phi) is 6.39. The van der Waals surface area contributed by atoms with Crippen LogP contribution in [0.1, 0.15) is 21.5 Å². The van der Waals surface area contributed by atoms with Crippen LogP contribution < -0.4 is 5.32 Å². The molecule has 1 aliphatic rings. The van der Waals surface area contributed by atoms with E-state index in [9.17, 15) is 13.2 Å². The number of sulfonamides is 1. The van der Waals surface area contributed by atoms with E-state index in [1.165, 1.54) is 22.5 Å². The summed E-state index contributed by atoms with van der Waals surface area (Å²) < 4.78 is 30.2. The van der Waals surface area contributed by atoms with Crippen LogP contribution >= 0.6 is 34.7 Å². The average molecular weight is 530 g/mol. The zero-order chi connectivity index (χ0) is 23.9. The van der Waals surface area contributed by atoms with Crippen molar-refractivity contribution in [1.29, 1.82) is 0 Å². The molecule has 1 aromatic heterocycles. The molecule has 0 radical (unpaired) electrons. The summed E-state index contributed by atoms with van der Waals surface area (Å²) in [4.78, 5) is 17.4. The first kappa shape index (κ1) is 23.3. The maximum Gasteiger partial charge on any atom is 0.255 e. The van der Waals surface area contributed by atoms with Gasteiger partial charge in [-0.3, -0.25) is 4.79 Å². The summed E-state index contributed by atoms with van der Waals surface area (Å²) in [5.41, 5.74) is 3.83. The quantitative estimate of drug-likeness (QED) is 0.337. The fraction of sp³-hybridized carbons (Fsp3) is 0.167. The van der Waals surface area contributed by atoms with E-state index in [-0.39, 0.29) is 22.0 Å². The Bertz CT molecular complexity index is 1520. The van der Waals surface area contributed by atoms with E-state index in [1.807, 2.05) is 42.7 Å². The maximum absolute atomic E-state index is 13.4. The number of fused-ring (bicyclic) bond motifs is 2. The Balaban J connectivity index is 1.40. The lowest BCUT2D eigenvalue weighted by Crippen LogP contribution is -2.36. The summed E-state index contributed by atoms with van der Waals surface area (Å²) >= 11 is 9.42. The number of anilines is 1. The molecule has 174 valence electrons. The average Bonchev–Trinajstić information content (AvgIpc) is 3.26. The van der Waals surface area contributed by atoms with Crippen LogP contribution in [0.15, 0.2) is 69.9 Å². The molecule has 2 heterocycles.